The van der Waals surface area contributed by atoms with Gasteiger partial charge in [0.15, 0.2) is 11.6 Å². The largest absolute Gasteiger partial charge is 0.386 e. The van der Waals surface area contributed by atoms with Crippen LogP contribution in [0.25, 0.3) is 0 Å². The lowest BCUT2D eigenvalue weighted by molar-refractivity contribution is -0.0263. The first kappa shape index (κ1) is 14.3. The maximum atomic E-state index is 13.4. The zero-order chi connectivity index (χ0) is 14.0. The van der Waals surface area contributed by atoms with Crippen LogP contribution in [0.2, 0.25) is 0 Å². The van der Waals surface area contributed by atoms with Crippen molar-refractivity contribution in [2.75, 3.05) is 13.2 Å². The van der Waals surface area contributed by atoms with Crippen LogP contribution in [0.3, 0.4) is 0 Å². The van der Waals surface area contributed by atoms with Crippen LogP contribution in [-0.4, -0.2) is 30.0 Å². The third-order valence-electron chi connectivity index (χ3n) is 3.50. The molecular weight excluding hydrogens is 259 g/mol. The van der Waals surface area contributed by atoms with Crippen LogP contribution in [-0.2, 0) is 11.3 Å². The number of aliphatic hydroxyl groups is 1. The second-order valence-electron chi connectivity index (χ2n) is 4.83. The molecule has 1 aromatic carbocycles. The van der Waals surface area contributed by atoms with Crippen molar-refractivity contribution < 1.29 is 23.0 Å². The first-order valence-electron chi connectivity index (χ1n) is 6.10. The standard InChI is InChI=1S/C13H16F3NO2/c1-8-13(18,2-3-19-8)7-17-6-9-4-11(15)12(16)5-10(9)14/h4-5,8,17-18H,2-3,6-7H2,1H3. The Morgan fingerprint density at radius 2 is 2.00 bits per heavy atom. The van der Waals surface area contributed by atoms with Gasteiger partial charge in [0, 0.05) is 37.7 Å². The van der Waals surface area contributed by atoms with Crippen LogP contribution >= 0.6 is 0 Å². The third kappa shape index (κ3) is 3.08. The Balaban J connectivity index is 1.94. The number of hydrogen-bond donors (Lipinski definition) is 2. The highest BCUT2D eigenvalue weighted by molar-refractivity contribution is 5.20. The minimum atomic E-state index is -1.21. The molecular formula is C13H16F3NO2. The Bertz CT molecular complexity index is 469. The maximum Gasteiger partial charge on any atom is 0.161 e. The van der Waals surface area contributed by atoms with E-state index in [9.17, 15) is 18.3 Å². The van der Waals surface area contributed by atoms with Crippen LogP contribution in [0.4, 0.5) is 13.2 Å². The van der Waals surface area contributed by atoms with Crippen LogP contribution < -0.4 is 5.32 Å². The smallest absolute Gasteiger partial charge is 0.161 e. The Hall–Kier alpha value is -1.11. The molecule has 2 atom stereocenters. The van der Waals surface area contributed by atoms with Gasteiger partial charge in [-0.3, -0.25) is 0 Å². The molecule has 0 spiro atoms. The third-order valence-corrected chi connectivity index (χ3v) is 3.50. The lowest BCUT2D eigenvalue weighted by atomic mass is 9.96. The number of ether oxygens (including phenoxy) is 1. The Kier molecular flexibility index (Phi) is 4.13. The van der Waals surface area contributed by atoms with E-state index in [1.807, 2.05) is 0 Å². The molecule has 0 saturated carbocycles. The molecule has 1 aliphatic heterocycles. The van der Waals surface area contributed by atoms with Crippen molar-refractivity contribution in [3.8, 4) is 0 Å². The molecule has 1 saturated heterocycles. The predicted molar refractivity (Wildman–Crippen MR) is 63.0 cm³/mol. The topological polar surface area (TPSA) is 41.5 Å². The summed E-state index contributed by atoms with van der Waals surface area (Å²) in [5, 5.41) is 13.0. The number of nitrogens with one attached hydrogen (secondary N) is 1. The molecule has 106 valence electrons. The molecule has 19 heavy (non-hydrogen) atoms. The Morgan fingerprint density at radius 1 is 1.32 bits per heavy atom. The van der Waals surface area contributed by atoms with Gasteiger partial charge in [-0.2, -0.15) is 0 Å². The van der Waals surface area contributed by atoms with Crippen LogP contribution in [0, 0.1) is 17.5 Å². The molecule has 1 aliphatic rings. The molecule has 0 bridgehead atoms. The zero-order valence-corrected chi connectivity index (χ0v) is 10.5. The predicted octanol–water partition coefficient (Wildman–Crippen LogP) is 1.73. The summed E-state index contributed by atoms with van der Waals surface area (Å²) in [6.07, 6.45) is 0.177. The van der Waals surface area contributed by atoms with Gasteiger partial charge in [0.25, 0.3) is 0 Å². The molecule has 2 N–H and O–H groups in total. The van der Waals surface area contributed by atoms with Gasteiger partial charge in [-0.25, -0.2) is 13.2 Å². The van der Waals surface area contributed by atoms with Gasteiger partial charge in [0.1, 0.15) is 11.4 Å². The summed E-state index contributed by atoms with van der Waals surface area (Å²) < 4.78 is 44.4. The van der Waals surface area contributed by atoms with Gasteiger partial charge in [0.05, 0.1) is 6.10 Å². The minimum absolute atomic E-state index is 0.0120. The molecule has 1 heterocycles. The normalized spacial score (nSPS) is 26.9. The quantitative estimate of drug-likeness (QED) is 0.822. The molecule has 2 unspecified atom stereocenters. The lowest BCUT2D eigenvalue weighted by Crippen LogP contribution is -2.45. The van der Waals surface area contributed by atoms with E-state index in [0.717, 1.165) is 6.07 Å². The summed E-state index contributed by atoms with van der Waals surface area (Å²) in [5.74, 6) is -3.11. The molecule has 0 aromatic heterocycles. The highest BCUT2D eigenvalue weighted by Gasteiger charge is 2.38. The summed E-state index contributed by atoms with van der Waals surface area (Å²) in [5.41, 5.74) is -0.983. The van der Waals surface area contributed by atoms with Gasteiger partial charge >= 0.3 is 0 Å². The average Bonchev–Trinajstić information content (AvgIpc) is 2.66. The molecule has 0 amide bonds. The molecule has 6 heteroatoms. The summed E-state index contributed by atoms with van der Waals surface area (Å²) in [7, 11) is 0. The fourth-order valence-electron chi connectivity index (χ4n) is 2.12. The molecule has 2 rings (SSSR count). The molecule has 0 radical (unpaired) electrons. The Labute approximate surface area is 109 Å². The van der Waals surface area contributed by atoms with Crippen molar-refractivity contribution in [3.63, 3.8) is 0 Å². The van der Waals surface area contributed by atoms with Gasteiger partial charge in [0.2, 0.25) is 0 Å². The van der Waals surface area contributed by atoms with E-state index in [0.29, 0.717) is 19.1 Å². The number of halogens is 3. The fourth-order valence-corrected chi connectivity index (χ4v) is 2.12. The van der Waals surface area contributed by atoms with Gasteiger partial charge in [-0.1, -0.05) is 0 Å². The van der Waals surface area contributed by atoms with Crippen LogP contribution in [0.15, 0.2) is 12.1 Å². The van der Waals surface area contributed by atoms with Gasteiger partial charge in [-0.05, 0) is 13.0 Å². The monoisotopic (exact) mass is 275 g/mol. The van der Waals surface area contributed by atoms with E-state index in [4.69, 9.17) is 4.74 Å². The maximum absolute atomic E-state index is 13.4. The van der Waals surface area contributed by atoms with Gasteiger partial charge < -0.3 is 15.2 Å². The molecule has 1 fully saturated rings. The highest BCUT2D eigenvalue weighted by Crippen LogP contribution is 2.25. The van der Waals surface area contributed by atoms with Crippen molar-refractivity contribution >= 4 is 0 Å². The van der Waals surface area contributed by atoms with E-state index in [1.54, 1.807) is 6.92 Å². The second kappa shape index (κ2) is 5.48. The van der Waals surface area contributed by atoms with Crippen molar-refractivity contribution in [1.82, 2.24) is 5.32 Å². The summed E-state index contributed by atoms with van der Waals surface area (Å²) in [6, 6.07) is 1.33. The number of rotatable bonds is 4. The fraction of sp³-hybridized carbons (Fsp3) is 0.538. The second-order valence-corrected chi connectivity index (χ2v) is 4.83. The summed E-state index contributed by atoms with van der Waals surface area (Å²) in [6.45, 7) is 2.44. The highest BCUT2D eigenvalue weighted by atomic mass is 19.2. The molecule has 0 aliphatic carbocycles. The average molecular weight is 275 g/mol. The van der Waals surface area contributed by atoms with E-state index < -0.39 is 23.1 Å². The number of benzene rings is 1. The van der Waals surface area contributed by atoms with Gasteiger partial charge in [-0.15, -0.1) is 0 Å². The van der Waals surface area contributed by atoms with Crippen molar-refractivity contribution in [2.24, 2.45) is 0 Å². The molecule has 1 aromatic rings. The first-order valence-corrected chi connectivity index (χ1v) is 6.10. The van der Waals surface area contributed by atoms with E-state index in [1.165, 1.54) is 0 Å². The summed E-state index contributed by atoms with van der Waals surface area (Å²) in [4.78, 5) is 0. The summed E-state index contributed by atoms with van der Waals surface area (Å²) >= 11 is 0. The SMILES string of the molecule is CC1OCCC1(O)CNCc1cc(F)c(F)cc1F. The minimum Gasteiger partial charge on any atom is -0.386 e. The van der Waals surface area contributed by atoms with Crippen LogP contribution in [0.1, 0.15) is 18.9 Å². The lowest BCUT2D eigenvalue weighted by Gasteiger charge is -2.26. The van der Waals surface area contributed by atoms with E-state index in [2.05, 4.69) is 5.32 Å². The van der Waals surface area contributed by atoms with Crippen molar-refractivity contribution in [3.05, 3.63) is 35.1 Å². The zero-order valence-electron chi connectivity index (χ0n) is 10.5. The van der Waals surface area contributed by atoms with Crippen molar-refractivity contribution in [2.45, 2.75) is 31.6 Å². The van der Waals surface area contributed by atoms with E-state index >= 15 is 0 Å². The van der Waals surface area contributed by atoms with E-state index in [-0.39, 0.29) is 24.8 Å². The van der Waals surface area contributed by atoms with Crippen molar-refractivity contribution in [1.29, 1.82) is 0 Å². The van der Waals surface area contributed by atoms with Crippen LogP contribution in [0.5, 0.6) is 0 Å². The number of hydrogen-bond acceptors (Lipinski definition) is 3. The molecule has 3 nitrogen and oxygen atoms in total. The first-order chi connectivity index (χ1) is 8.92. The Morgan fingerprint density at radius 3 is 2.63 bits per heavy atom.